The van der Waals surface area contributed by atoms with Crippen molar-refractivity contribution in [2.75, 3.05) is 5.32 Å². The summed E-state index contributed by atoms with van der Waals surface area (Å²) in [5.41, 5.74) is 3.67. The van der Waals surface area contributed by atoms with Gasteiger partial charge < -0.3 is 5.32 Å². The molecule has 0 bridgehead atoms. The zero-order valence-corrected chi connectivity index (χ0v) is 14.1. The number of anilines is 1. The minimum absolute atomic E-state index is 0.120. The average molecular weight is 371 g/mol. The SMILES string of the molecule is Cc1ccc(-c2cn(CC(=O)Nc3ccc(Br)cc3)nn2)cc1. The molecule has 0 unspecified atom stereocenters. The third-order valence-corrected chi connectivity index (χ3v) is 3.85. The van der Waals surface area contributed by atoms with Crippen molar-refractivity contribution in [1.29, 1.82) is 0 Å². The Bertz CT molecular complexity index is 809. The van der Waals surface area contributed by atoms with Crippen molar-refractivity contribution in [3.05, 3.63) is 64.8 Å². The number of carbonyl (C=O) groups excluding carboxylic acids is 1. The van der Waals surface area contributed by atoms with Crippen LogP contribution < -0.4 is 5.32 Å². The van der Waals surface area contributed by atoms with Gasteiger partial charge in [-0.1, -0.05) is 51.0 Å². The Morgan fingerprint density at radius 3 is 2.52 bits per heavy atom. The molecule has 0 saturated heterocycles. The van der Waals surface area contributed by atoms with Crippen LogP contribution in [0.25, 0.3) is 11.3 Å². The summed E-state index contributed by atoms with van der Waals surface area (Å²) in [5.74, 6) is -0.146. The number of benzene rings is 2. The molecule has 3 aromatic rings. The lowest BCUT2D eigenvalue weighted by Gasteiger charge is -2.04. The van der Waals surface area contributed by atoms with Gasteiger partial charge in [0.25, 0.3) is 0 Å². The monoisotopic (exact) mass is 370 g/mol. The molecule has 0 saturated carbocycles. The number of aryl methyl sites for hydroxylation is 1. The smallest absolute Gasteiger partial charge is 0.246 e. The molecule has 2 aromatic carbocycles. The second-order valence-electron chi connectivity index (χ2n) is 5.22. The Balaban J connectivity index is 1.65. The molecule has 5 nitrogen and oxygen atoms in total. The van der Waals surface area contributed by atoms with Crippen LogP contribution in [-0.4, -0.2) is 20.9 Å². The molecule has 0 spiro atoms. The quantitative estimate of drug-likeness (QED) is 0.762. The third-order valence-electron chi connectivity index (χ3n) is 3.32. The third kappa shape index (κ3) is 4.04. The van der Waals surface area contributed by atoms with Gasteiger partial charge in [0.2, 0.25) is 5.91 Å². The van der Waals surface area contributed by atoms with Gasteiger partial charge in [-0.2, -0.15) is 0 Å². The zero-order chi connectivity index (χ0) is 16.2. The fraction of sp³-hybridized carbons (Fsp3) is 0.118. The highest BCUT2D eigenvalue weighted by atomic mass is 79.9. The van der Waals surface area contributed by atoms with Gasteiger partial charge in [0, 0.05) is 15.7 Å². The van der Waals surface area contributed by atoms with Crippen LogP contribution in [0.2, 0.25) is 0 Å². The minimum Gasteiger partial charge on any atom is -0.324 e. The van der Waals surface area contributed by atoms with Crippen molar-refractivity contribution in [2.45, 2.75) is 13.5 Å². The van der Waals surface area contributed by atoms with Crippen LogP contribution in [0.3, 0.4) is 0 Å². The lowest BCUT2D eigenvalue weighted by molar-refractivity contribution is -0.116. The number of amides is 1. The van der Waals surface area contributed by atoms with Crippen LogP contribution in [-0.2, 0) is 11.3 Å². The van der Waals surface area contributed by atoms with Crippen LogP contribution in [0.15, 0.2) is 59.2 Å². The summed E-state index contributed by atoms with van der Waals surface area (Å²) >= 11 is 3.36. The van der Waals surface area contributed by atoms with Gasteiger partial charge in [-0.3, -0.25) is 4.79 Å². The van der Waals surface area contributed by atoms with Crippen LogP contribution in [0.5, 0.6) is 0 Å². The summed E-state index contributed by atoms with van der Waals surface area (Å²) in [6, 6.07) is 15.4. The van der Waals surface area contributed by atoms with E-state index in [0.717, 1.165) is 21.4 Å². The maximum absolute atomic E-state index is 12.0. The maximum Gasteiger partial charge on any atom is 0.246 e. The van der Waals surface area contributed by atoms with Gasteiger partial charge in [-0.25, -0.2) is 4.68 Å². The first-order valence-corrected chi connectivity index (χ1v) is 7.92. The Labute approximate surface area is 142 Å². The number of carbonyl (C=O) groups is 1. The lowest BCUT2D eigenvalue weighted by atomic mass is 10.1. The molecule has 1 N–H and O–H groups in total. The molecule has 6 heteroatoms. The minimum atomic E-state index is -0.146. The molecule has 0 aliphatic rings. The number of rotatable bonds is 4. The van der Waals surface area contributed by atoms with Crippen LogP contribution in [0, 0.1) is 6.92 Å². The van der Waals surface area contributed by atoms with E-state index < -0.39 is 0 Å². The largest absolute Gasteiger partial charge is 0.324 e. The highest BCUT2D eigenvalue weighted by Crippen LogP contribution is 2.17. The second-order valence-corrected chi connectivity index (χ2v) is 6.14. The first kappa shape index (κ1) is 15.4. The zero-order valence-electron chi connectivity index (χ0n) is 12.5. The van der Waals surface area contributed by atoms with Crippen molar-refractivity contribution >= 4 is 27.5 Å². The molecular formula is C17H15BrN4O. The van der Waals surface area contributed by atoms with Gasteiger partial charge in [0.05, 0.1) is 6.20 Å². The topological polar surface area (TPSA) is 59.8 Å². The molecule has 1 aromatic heterocycles. The van der Waals surface area contributed by atoms with Gasteiger partial charge in [0.1, 0.15) is 12.2 Å². The van der Waals surface area contributed by atoms with Crippen LogP contribution >= 0.6 is 15.9 Å². The van der Waals surface area contributed by atoms with Crippen molar-refractivity contribution in [3.63, 3.8) is 0 Å². The highest BCUT2D eigenvalue weighted by molar-refractivity contribution is 9.10. The Morgan fingerprint density at radius 1 is 1.13 bits per heavy atom. The number of nitrogens with one attached hydrogen (secondary N) is 1. The lowest BCUT2D eigenvalue weighted by Crippen LogP contribution is -2.19. The van der Waals surface area contributed by atoms with E-state index in [4.69, 9.17) is 0 Å². The van der Waals surface area contributed by atoms with Gasteiger partial charge in [-0.15, -0.1) is 5.10 Å². The molecule has 23 heavy (non-hydrogen) atoms. The molecule has 0 fully saturated rings. The van der Waals surface area contributed by atoms with E-state index in [2.05, 4.69) is 31.6 Å². The average Bonchev–Trinajstić information content (AvgIpc) is 2.98. The second kappa shape index (κ2) is 6.75. The van der Waals surface area contributed by atoms with E-state index in [9.17, 15) is 4.79 Å². The Kier molecular flexibility index (Phi) is 4.52. The maximum atomic E-state index is 12.0. The number of hydrogen-bond acceptors (Lipinski definition) is 3. The first-order chi connectivity index (χ1) is 11.1. The normalized spacial score (nSPS) is 10.5. The Hall–Kier alpha value is -2.47. The summed E-state index contributed by atoms with van der Waals surface area (Å²) in [5, 5.41) is 10.9. The standard InChI is InChI=1S/C17H15BrN4O/c1-12-2-4-13(5-3-12)16-10-22(21-20-16)11-17(23)19-15-8-6-14(18)7-9-15/h2-10H,11H2,1H3,(H,19,23). The molecule has 0 aliphatic heterocycles. The molecule has 1 amide bonds. The number of aromatic nitrogens is 3. The molecule has 3 rings (SSSR count). The van der Waals surface area contributed by atoms with Crippen LogP contribution in [0.1, 0.15) is 5.56 Å². The summed E-state index contributed by atoms with van der Waals surface area (Å²) < 4.78 is 2.50. The van der Waals surface area contributed by atoms with E-state index >= 15 is 0 Å². The molecule has 116 valence electrons. The van der Waals surface area contributed by atoms with E-state index in [1.165, 1.54) is 10.2 Å². The predicted octanol–water partition coefficient (Wildman–Crippen LogP) is 3.65. The summed E-state index contributed by atoms with van der Waals surface area (Å²) in [7, 11) is 0. The van der Waals surface area contributed by atoms with E-state index in [1.807, 2.05) is 55.5 Å². The van der Waals surface area contributed by atoms with E-state index in [1.54, 1.807) is 6.20 Å². The molecule has 0 aliphatic carbocycles. The number of hydrogen-bond donors (Lipinski definition) is 1. The van der Waals surface area contributed by atoms with Gasteiger partial charge in [0.15, 0.2) is 0 Å². The molecule has 0 radical (unpaired) electrons. The summed E-state index contributed by atoms with van der Waals surface area (Å²) in [4.78, 5) is 12.0. The van der Waals surface area contributed by atoms with Crippen molar-refractivity contribution in [1.82, 2.24) is 15.0 Å². The number of halogens is 1. The fourth-order valence-corrected chi connectivity index (χ4v) is 2.38. The van der Waals surface area contributed by atoms with Crippen molar-refractivity contribution in [2.24, 2.45) is 0 Å². The number of nitrogens with zero attached hydrogens (tertiary/aromatic N) is 3. The highest BCUT2D eigenvalue weighted by Gasteiger charge is 2.08. The van der Waals surface area contributed by atoms with Gasteiger partial charge >= 0.3 is 0 Å². The van der Waals surface area contributed by atoms with E-state index in [-0.39, 0.29) is 12.5 Å². The summed E-state index contributed by atoms with van der Waals surface area (Å²) in [6.45, 7) is 2.15. The van der Waals surface area contributed by atoms with Crippen LogP contribution in [0.4, 0.5) is 5.69 Å². The van der Waals surface area contributed by atoms with E-state index in [0.29, 0.717) is 0 Å². The van der Waals surface area contributed by atoms with Gasteiger partial charge in [-0.05, 0) is 31.2 Å². The van der Waals surface area contributed by atoms with Crippen molar-refractivity contribution in [3.8, 4) is 11.3 Å². The fourth-order valence-electron chi connectivity index (χ4n) is 2.11. The Morgan fingerprint density at radius 2 is 1.83 bits per heavy atom. The summed E-state index contributed by atoms with van der Waals surface area (Å²) in [6.07, 6.45) is 1.77. The molecule has 1 heterocycles. The van der Waals surface area contributed by atoms with Crippen molar-refractivity contribution < 1.29 is 4.79 Å². The molecular weight excluding hydrogens is 356 g/mol. The molecule has 0 atom stereocenters. The predicted molar refractivity (Wildman–Crippen MR) is 93.0 cm³/mol. The first-order valence-electron chi connectivity index (χ1n) is 7.13.